The van der Waals surface area contributed by atoms with Crippen LogP contribution in [0.25, 0.3) is 33.1 Å². The lowest BCUT2D eigenvalue weighted by Gasteiger charge is -2.20. The van der Waals surface area contributed by atoms with Crippen molar-refractivity contribution in [2.75, 3.05) is 0 Å². The Morgan fingerprint density at radius 3 is 1.65 bits per heavy atom. The zero-order chi connectivity index (χ0) is 36.4. The number of hydrogen-bond acceptors (Lipinski definition) is 11. The van der Waals surface area contributed by atoms with E-state index in [1.165, 1.54) is 54.6 Å². The first-order valence-corrected chi connectivity index (χ1v) is 15.9. The molecule has 0 aliphatic rings. The molecule has 0 atom stereocenters. The van der Waals surface area contributed by atoms with E-state index in [0.29, 0.717) is 11.1 Å². The number of furan rings is 1. The van der Waals surface area contributed by atoms with E-state index in [4.69, 9.17) is 18.6 Å². The van der Waals surface area contributed by atoms with Crippen molar-refractivity contribution in [3.63, 3.8) is 0 Å². The van der Waals surface area contributed by atoms with Gasteiger partial charge in [-0.3, -0.25) is 9.59 Å². The Balaban J connectivity index is 1.52. The Morgan fingerprint density at radius 2 is 1.08 bits per heavy atom. The summed E-state index contributed by atoms with van der Waals surface area (Å²) in [6.45, 7) is 0. The second-order valence-electron chi connectivity index (χ2n) is 11.8. The molecule has 6 aromatic carbocycles. The minimum absolute atomic E-state index is 0.00277. The number of carbonyl (C=O) groups is 3. The van der Waals surface area contributed by atoms with Crippen LogP contribution in [0.1, 0.15) is 21.5 Å². The Morgan fingerprint density at radius 1 is 0.558 bits per heavy atom. The van der Waals surface area contributed by atoms with E-state index in [-0.39, 0.29) is 80.2 Å². The second kappa shape index (κ2) is 13.9. The van der Waals surface area contributed by atoms with Gasteiger partial charge in [0.25, 0.3) is 0 Å². The first-order chi connectivity index (χ1) is 25.1. The fourth-order valence-corrected chi connectivity index (χ4v) is 5.71. The molecular formula is C41H28O11. The molecule has 52 heavy (non-hydrogen) atoms. The van der Waals surface area contributed by atoms with Gasteiger partial charge in [-0.05, 0) is 59.2 Å². The number of carbonyl (C=O) groups excluding carboxylic acids is 3. The minimum Gasteiger partial charge on any atom is -0.508 e. The minimum atomic E-state index is -0.900. The molecule has 11 nitrogen and oxygen atoms in total. The molecule has 7 rings (SSSR count). The van der Waals surface area contributed by atoms with Crippen LogP contribution >= 0.6 is 0 Å². The van der Waals surface area contributed by atoms with Crippen molar-refractivity contribution >= 4 is 39.8 Å². The molecule has 258 valence electrons. The predicted octanol–water partition coefficient (Wildman–Crippen LogP) is 7.59. The highest BCUT2D eigenvalue weighted by Crippen LogP contribution is 2.55. The lowest BCUT2D eigenvalue weighted by Crippen LogP contribution is -2.17. The van der Waals surface area contributed by atoms with Gasteiger partial charge in [0, 0.05) is 11.5 Å². The molecule has 0 fully saturated rings. The van der Waals surface area contributed by atoms with Gasteiger partial charge in [-0.1, -0.05) is 72.8 Å². The van der Waals surface area contributed by atoms with E-state index in [0.717, 1.165) is 6.07 Å². The summed E-state index contributed by atoms with van der Waals surface area (Å²) < 4.78 is 24.3. The van der Waals surface area contributed by atoms with Crippen molar-refractivity contribution in [3.05, 3.63) is 138 Å². The molecule has 0 spiro atoms. The third-order valence-corrected chi connectivity index (χ3v) is 8.15. The van der Waals surface area contributed by atoms with Crippen molar-refractivity contribution in [2.24, 2.45) is 0 Å². The summed E-state index contributed by atoms with van der Waals surface area (Å²) in [4.78, 5) is 41.1. The largest absolute Gasteiger partial charge is 0.508 e. The Kier molecular flexibility index (Phi) is 8.90. The number of rotatable bonds is 9. The van der Waals surface area contributed by atoms with Crippen LogP contribution in [0.4, 0.5) is 0 Å². The van der Waals surface area contributed by atoms with Crippen LogP contribution in [0.15, 0.2) is 126 Å². The smallest absolute Gasteiger partial charge is 0.343 e. The highest BCUT2D eigenvalue weighted by atomic mass is 16.6. The first-order valence-electron chi connectivity index (χ1n) is 15.9. The summed E-state index contributed by atoms with van der Waals surface area (Å²) in [5, 5.41) is 41.0. The SMILES string of the molecule is O=C(Cc1ccccc1)Oc1c(-c2ccc(O)cc2)c(OC(=O)c2ccc(O)cc2)c2oc3cc(O)c(O)cc3c2c1OC(=O)Cc1ccccc1. The second-order valence-corrected chi connectivity index (χ2v) is 11.8. The van der Waals surface area contributed by atoms with Crippen LogP contribution in [0.2, 0.25) is 0 Å². The van der Waals surface area contributed by atoms with Crippen LogP contribution in [0, 0.1) is 0 Å². The number of hydrogen-bond donors (Lipinski definition) is 4. The fourth-order valence-electron chi connectivity index (χ4n) is 5.71. The van der Waals surface area contributed by atoms with Crippen molar-refractivity contribution in [3.8, 4) is 51.4 Å². The number of esters is 3. The van der Waals surface area contributed by atoms with Crippen molar-refractivity contribution in [2.45, 2.75) is 12.8 Å². The van der Waals surface area contributed by atoms with Gasteiger partial charge in [0.1, 0.15) is 17.1 Å². The average Bonchev–Trinajstić information content (AvgIpc) is 3.49. The number of phenols is 4. The van der Waals surface area contributed by atoms with Gasteiger partial charge in [0.2, 0.25) is 0 Å². The number of aromatic hydroxyl groups is 4. The summed E-state index contributed by atoms with van der Waals surface area (Å²) in [6, 6.07) is 30.8. The van der Waals surface area contributed by atoms with E-state index in [1.54, 1.807) is 60.7 Å². The summed E-state index contributed by atoms with van der Waals surface area (Å²) in [5.74, 6) is -4.57. The van der Waals surface area contributed by atoms with Gasteiger partial charge < -0.3 is 39.1 Å². The Bertz CT molecular complexity index is 2450. The summed E-state index contributed by atoms with van der Waals surface area (Å²) in [7, 11) is 0. The molecule has 0 saturated carbocycles. The zero-order valence-electron chi connectivity index (χ0n) is 27.1. The van der Waals surface area contributed by atoms with Gasteiger partial charge in [-0.25, -0.2) is 4.79 Å². The van der Waals surface area contributed by atoms with E-state index in [9.17, 15) is 34.8 Å². The normalized spacial score (nSPS) is 11.0. The molecule has 0 amide bonds. The lowest BCUT2D eigenvalue weighted by molar-refractivity contribution is -0.136. The third-order valence-electron chi connectivity index (χ3n) is 8.15. The molecule has 0 aliphatic carbocycles. The maximum absolute atomic E-state index is 13.7. The highest BCUT2D eigenvalue weighted by molar-refractivity contribution is 6.16. The molecular weight excluding hydrogens is 668 g/mol. The van der Waals surface area contributed by atoms with Gasteiger partial charge in [-0.15, -0.1) is 0 Å². The molecule has 0 unspecified atom stereocenters. The molecule has 0 aliphatic heterocycles. The number of fused-ring (bicyclic) bond motifs is 3. The molecule has 4 N–H and O–H groups in total. The third kappa shape index (κ3) is 6.78. The van der Waals surface area contributed by atoms with E-state index >= 15 is 0 Å². The maximum atomic E-state index is 13.7. The molecule has 11 heteroatoms. The molecule has 0 bridgehead atoms. The number of phenolic OH excluding ortho intramolecular Hbond substituents is 4. The van der Waals surface area contributed by atoms with Gasteiger partial charge in [0.15, 0.2) is 34.3 Å². The van der Waals surface area contributed by atoms with Gasteiger partial charge >= 0.3 is 17.9 Å². The average molecular weight is 697 g/mol. The highest BCUT2D eigenvalue weighted by Gasteiger charge is 2.33. The quantitative estimate of drug-likeness (QED) is 0.0665. The summed E-state index contributed by atoms with van der Waals surface area (Å²) >= 11 is 0. The summed E-state index contributed by atoms with van der Waals surface area (Å²) in [5.41, 5.74) is 1.31. The van der Waals surface area contributed by atoms with Gasteiger partial charge in [-0.2, -0.15) is 0 Å². The molecule has 0 radical (unpaired) electrons. The van der Waals surface area contributed by atoms with Crippen LogP contribution in [-0.4, -0.2) is 38.3 Å². The maximum Gasteiger partial charge on any atom is 0.343 e. The van der Waals surface area contributed by atoms with Crippen molar-refractivity contribution in [1.82, 2.24) is 0 Å². The van der Waals surface area contributed by atoms with Crippen molar-refractivity contribution < 1.29 is 53.4 Å². The van der Waals surface area contributed by atoms with E-state index < -0.39 is 29.4 Å². The van der Waals surface area contributed by atoms with E-state index in [1.807, 2.05) is 0 Å². The fraction of sp³-hybridized carbons (Fsp3) is 0.0488. The van der Waals surface area contributed by atoms with Crippen LogP contribution < -0.4 is 14.2 Å². The van der Waals surface area contributed by atoms with Crippen LogP contribution in [0.3, 0.4) is 0 Å². The van der Waals surface area contributed by atoms with E-state index in [2.05, 4.69) is 0 Å². The number of benzene rings is 6. The Hall–Kier alpha value is -7.27. The first kappa shape index (κ1) is 33.2. The van der Waals surface area contributed by atoms with Crippen molar-refractivity contribution in [1.29, 1.82) is 0 Å². The zero-order valence-corrected chi connectivity index (χ0v) is 27.1. The summed E-state index contributed by atoms with van der Waals surface area (Å²) in [6.07, 6.45) is -0.386. The molecule has 1 heterocycles. The standard InChI is InChI=1S/C41H28O11/c42-27-15-11-25(12-16-27)35-37(50-33(46)19-23-7-3-1-4-8-23)40(51-34(47)20-24-9-5-2-6-10-24)36-29-21-30(44)31(45)22-32(29)49-39(36)38(35)52-41(48)26-13-17-28(43)18-14-26/h1-18,21-22,42-45H,19-20H2. The van der Waals surface area contributed by atoms with Crippen LogP contribution in [-0.2, 0) is 22.4 Å². The monoisotopic (exact) mass is 696 g/mol. The van der Waals surface area contributed by atoms with Crippen LogP contribution in [0.5, 0.6) is 40.2 Å². The molecule has 0 saturated heterocycles. The van der Waals surface area contributed by atoms with Gasteiger partial charge in [0.05, 0.1) is 29.4 Å². The molecule has 7 aromatic rings. The lowest BCUT2D eigenvalue weighted by atomic mass is 9.98. The Labute approximate surface area is 295 Å². The predicted molar refractivity (Wildman–Crippen MR) is 189 cm³/mol. The molecule has 1 aromatic heterocycles. The topological polar surface area (TPSA) is 173 Å². The number of ether oxygens (including phenoxy) is 3.